The molecule has 1 aliphatic rings. The molecule has 0 fully saturated rings. The van der Waals surface area contributed by atoms with E-state index in [0.717, 1.165) is 5.56 Å². The summed E-state index contributed by atoms with van der Waals surface area (Å²) in [5.41, 5.74) is 6.38. The zero-order chi connectivity index (χ0) is 12.1. The molecule has 0 saturated heterocycles. The van der Waals surface area contributed by atoms with Gasteiger partial charge in [-0.05, 0) is 5.56 Å². The highest BCUT2D eigenvalue weighted by atomic mass is 19.1. The number of benzene rings is 1. The first-order chi connectivity index (χ1) is 8.25. The topological polar surface area (TPSA) is 50.8 Å². The standard InChI is InChI=1S/C12H14FN3O/c13-11-6-16(8-15-12(11)14)9-17-7-10-4-2-1-3-5-10/h1-6H,7-9H2,(H2,14,15). The molecule has 0 unspecified atom stereocenters. The van der Waals surface area contributed by atoms with Gasteiger partial charge in [0.15, 0.2) is 11.7 Å². The van der Waals surface area contributed by atoms with Crippen molar-refractivity contribution < 1.29 is 9.13 Å². The Balaban J connectivity index is 1.77. The molecule has 5 heteroatoms. The van der Waals surface area contributed by atoms with Gasteiger partial charge in [-0.2, -0.15) is 0 Å². The van der Waals surface area contributed by atoms with Crippen LogP contribution in [0.4, 0.5) is 4.39 Å². The number of hydrogen-bond donors (Lipinski definition) is 1. The molecule has 1 aromatic carbocycles. The second-order valence-electron chi connectivity index (χ2n) is 3.71. The predicted molar refractivity (Wildman–Crippen MR) is 63.6 cm³/mol. The van der Waals surface area contributed by atoms with Gasteiger partial charge in [-0.25, -0.2) is 9.38 Å². The van der Waals surface area contributed by atoms with Crippen molar-refractivity contribution in [3.63, 3.8) is 0 Å². The summed E-state index contributed by atoms with van der Waals surface area (Å²) in [4.78, 5) is 5.43. The van der Waals surface area contributed by atoms with E-state index in [1.807, 2.05) is 30.3 Å². The van der Waals surface area contributed by atoms with Crippen LogP contribution in [0, 0.1) is 0 Å². The normalized spacial score (nSPS) is 15.5. The first-order valence-electron chi connectivity index (χ1n) is 5.29. The van der Waals surface area contributed by atoms with Gasteiger partial charge in [0.1, 0.15) is 13.4 Å². The lowest BCUT2D eigenvalue weighted by Gasteiger charge is -2.21. The first kappa shape index (κ1) is 11.6. The molecule has 1 aromatic rings. The summed E-state index contributed by atoms with van der Waals surface area (Å²) in [6.07, 6.45) is 1.31. The van der Waals surface area contributed by atoms with Gasteiger partial charge in [0.25, 0.3) is 0 Å². The van der Waals surface area contributed by atoms with Crippen LogP contribution in [0.3, 0.4) is 0 Å². The van der Waals surface area contributed by atoms with Crippen molar-refractivity contribution in [3.8, 4) is 0 Å². The second kappa shape index (κ2) is 5.45. The maximum Gasteiger partial charge on any atom is 0.180 e. The minimum atomic E-state index is -0.514. The Morgan fingerprint density at radius 2 is 2.12 bits per heavy atom. The zero-order valence-electron chi connectivity index (χ0n) is 9.34. The van der Waals surface area contributed by atoms with E-state index in [0.29, 0.717) is 20.0 Å². The molecule has 1 heterocycles. The van der Waals surface area contributed by atoms with Crippen LogP contribution in [0.2, 0.25) is 0 Å². The zero-order valence-corrected chi connectivity index (χ0v) is 9.34. The third-order valence-electron chi connectivity index (χ3n) is 2.33. The fourth-order valence-corrected chi connectivity index (χ4v) is 1.44. The highest BCUT2D eigenvalue weighted by Crippen LogP contribution is 2.08. The first-order valence-corrected chi connectivity index (χ1v) is 5.29. The van der Waals surface area contributed by atoms with Gasteiger partial charge >= 0.3 is 0 Å². The number of amidine groups is 1. The van der Waals surface area contributed by atoms with Gasteiger partial charge in [-0.15, -0.1) is 0 Å². The van der Waals surface area contributed by atoms with E-state index in [2.05, 4.69) is 4.99 Å². The SMILES string of the molecule is NC1=NCN(COCc2ccccc2)C=C1F. The molecule has 90 valence electrons. The number of rotatable bonds is 4. The molecular weight excluding hydrogens is 221 g/mol. The van der Waals surface area contributed by atoms with Crippen LogP contribution in [-0.4, -0.2) is 24.1 Å². The summed E-state index contributed by atoms with van der Waals surface area (Å²) in [5.74, 6) is -0.566. The number of ether oxygens (including phenoxy) is 1. The Hall–Kier alpha value is -1.88. The molecule has 17 heavy (non-hydrogen) atoms. The van der Waals surface area contributed by atoms with Crippen LogP contribution in [0.5, 0.6) is 0 Å². The molecule has 0 spiro atoms. The summed E-state index contributed by atoms with van der Waals surface area (Å²) in [5, 5.41) is 0. The molecule has 0 saturated carbocycles. The Labute approximate surface area is 99.2 Å². The van der Waals surface area contributed by atoms with E-state index in [-0.39, 0.29) is 5.84 Å². The number of aliphatic imine (C=N–C) groups is 1. The van der Waals surface area contributed by atoms with Gasteiger partial charge < -0.3 is 15.4 Å². The Bertz CT molecular complexity index is 431. The summed E-state index contributed by atoms with van der Waals surface area (Å²) in [6.45, 7) is 1.11. The summed E-state index contributed by atoms with van der Waals surface area (Å²) in [7, 11) is 0. The highest BCUT2D eigenvalue weighted by Gasteiger charge is 2.11. The number of halogens is 1. The smallest absolute Gasteiger partial charge is 0.180 e. The highest BCUT2D eigenvalue weighted by molar-refractivity contribution is 5.95. The van der Waals surface area contributed by atoms with Gasteiger partial charge in [0, 0.05) is 6.20 Å². The van der Waals surface area contributed by atoms with Crippen LogP contribution >= 0.6 is 0 Å². The third-order valence-corrected chi connectivity index (χ3v) is 2.33. The van der Waals surface area contributed by atoms with Crippen molar-refractivity contribution in [1.82, 2.24) is 4.90 Å². The van der Waals surface area contributed by atoms with E-state index >= 15 is 0 Å². The van der Waals surface area contributed by atoms with Crippen molar-refractivity contribution >= 4 is 5.84 Å². The lowest BCUT2D eigenvalue weighted by atomic mass is 10.2. The van der Waals surface area contributed by atoms with E-state index in [1.54, 1.807) is 4.90 Å². The van der Waals surface area contributed by atoms with Crippen molar-refractivity contribution in [2.24, 2.45) is 10.7 Å². The van der Waals surface area contributed by atoms with Crippen LogP contribution in [0.15, 0.2) is 47.4 Å². The molecule has 2 N–H and O–H groups in total. The Kier molecular flexibility index (Phi) is 3.72. The number of nitrogens with two attached hydrogens (primary N) is 1. The van der Waals surface area contributed by atoms with E-state index in [4.69, 9.17) is 10.5 Å². The van der Waals surface area contributed by atoms with E-state index in [1.165, 1.54) is 6.20 Å². The lowest BCUT2D eigenvalue weighted by Crippen LogP contribution is -2.29. The summed E-state index contributed by atoms with van der Waals surface area (Å²) >= 11 is 0. The number of hydrogen-bond acceptors (Lipinski definition) is 4. The fraction of sp³-hybridized carbons (Fsp3) is 0.250. The molecule has 0 radical (unpaired) electrons. The number of nitrogens with zero attached hydrogens (tertiary/aromatic N) is 2. The quantitative estimate of drug-likeness (QED) is 0.862. The molecule has 4 nitrogen and oxygen atoms in total. The third kappa shape index (κ3) is 3.29. The molecule has 0 aliphatic carbocycles. The van der Waals surface area contributed by atoms with Gasteiger partial charge in [0.2, 0.25) is 0 Å². The van der Waals surface area contributed by atoms with Crippen LogP contribution in [0.1, 0.15) is 5.56 Å². The minimum Gasteiger partial charge on any atom is -0.381 e. The van der Waals surface area contributed by atoms with Crippen molar-refractivity contribution in [2.75, 3.05) is 13.4 Å². The Morgan fingerprint density at radius 3 is 2.82 bits per heavy atom. The van der Waals surface area contributed by atoms with E-state index in [9.17, 15) is 4.39 Å². The van der Waals surface area contributed by atoms with Crippen molar-refractivity contribution in [3.05, 3.63) is 47.9 Å². The molecule has 0 atom stereocenters. The van der Waals surface area contributed by atoms with Crippen LogP contribution in [0.25, 0.3) is 0 Å². The maximum absolute atomic E-state index is 13.1. The van der Waals surface area contributed by atoms with Crippen LogP contribution < -0.4 is 5.73 Å². The largest absolute Gasteiger partial charge is 0.381 e. The van der Waals surface area contributed by atoms with Crippen LogP contribution in [-0.2, 0) is 11.3 Å². The lowest BCUT2D eigenvalue weighted by molar-refractivity contribution is 0.0427. The Morgan fingerprint density at radius 1 is 1.35 bits per heavy atom. The van der Waals surface area contributed by atoms with Crippen molar-refractivity contribution in [2.45, 2.75) is 6.61 Å². The molecule has 0 bridgehead atoms. The second-order valence-corrected chi connectivity index (χ2v) is 3.71. The molecule has 1 aliphatic heterocycles. The summed E-state index contributed by atoms with van der Waals surface area (Å²) < 4.78 is 18.5. The van der Waals surface area contributed by atoms with Gasteiger partial charge in [-0.1, -0.05) is 30.3 Å². The molecule has 0 aromatic heterocycles. The molecule has 0 amide bonds. The average molecular weight is 235 g/mol. The van der Waals surface area contributed by atoms with Gasteiger partial charge in [0.05, 0.1) is 6.61 Å². The van der Waals surface area contributed by atoms with Gasteiger partial charge in [-0.3, -0.25) is 0 Å². The predicted octanol–water partition coefficient (Wildman–Crippen LogP) is 1.60. The van der Waals surface area contributed by atoms with E-state index < -0.39 is 5.83 Å². The summed E-state index contributed by atoms with van der Waals surface area (Å²) in [6, 6.07) is 9.80. The molecule has 2 rings (SSSR count). The van der Waals surface area contributed by atoms with Crippen molar-refractivity contribution in [1.29, 1.82) is 0 Å². The maximum atomic E-state index is 13.1. The average Bonchev–Trinajstić information content (AvgIpc) is 2.35. The fourth-order valence-electron chi connectivity index (χ4n) is 1.44. The molecular formula is C12H14FN3O. The minimum absolute atomic E-state index is 0.0516. The monoisotopic (exact) mass is 235 g/mol.